The molecule has 27 heavy (non-hydrogen) atoms. The minimum Gasteiger partial charge on any atom is -0.318 e. The molecule has 0 N–H and O–H groups in total. The van der Waals surface area contributed by atoms with Crippen LogP contribution in [0.15, 0.2) is 72.1 Å². The van der Waals surface area contributed by atoms with E-state index < -0.39 is 0 Å². The zero-order chi connectivity index (χ0) is 18.8. The summed E-state index contributed by atoms with van der Waals surface area (Å²) >= 11 is 0. The van der Waals surface area contributed by atoms with E-state index in [1.54, 1.807) is 11.0 Å². The van der Waals surface area contributed by atoms with Crippen molar-refractivity contribution in [2.75, 3.05) is 0 Å². The van der Waals surface area contributed by atoms with Crippen molar-refractivity contribution in [2.24, 2.45) is 5.10 Å². The molecule has 0 aliphatic heterocycles. The van der Waals surface area contributed by atoms with Gasteiger partial charge in [-0.15, -0.1) is 10.2 Å². The van der Waals surface area contributed by atoms with E-state index in [0.717, 1.165) is 28.3 Å². The summed E-state index contributed by atoms with van der Waals surface area (Å²) in [5.41, 5.74) is 6.78. The Balaban J connectivity index is 1.68. The van der Waals surface area contributed by atoms with E-state index in [4.69, 9.17) is 0 Å². The zero-order valence-electron chi connectivity index (χ0n) is 15.7. The minimum absolute atomic E-state index is 0.721. The molecule has 5 heteroatoms. The molecular formula is C22H21N5. The van der Waals surface area contributed by atoms with Crippen molar-refractivity contribution in [3.8, 4) is 17.1 Å². The van der Waals surface area contributed by atoms with Crippen molar-refractivity contribution in [1.82, 2.24) is 19.4 Å². The first-order valence-corrected chi connectivity index (χ1v) is 8.89. The third kappa shape index (κ3) is 3.31. The highest BCUT2D eigenvalue weighted by Crippen LogP contribution is 2.21. The molecule has 134 valence electrons. The van der Waals surface area contributed by atoms with Gasteiger partial charge in [0.1, 0.15) is 6.33 Å². The summed E-state index contributed by atoms with van der Waals surface area (Å²) in [4.78, 5) is 0. The molecule has 5 nitrogen and oxygen atoms in total. The second-order valence-corrected chi connectivity index (χ2v) is 6.61. The van der Waals surface area contributed by atoms with E-state index >= 15 is 0 Å². The van der Waals surface area contributed by atoms with E-state index in [1.807, 2.05) is 36.5 Å². The standard InChI is InChI=1S/C22H21N5/c1-16-9-11-21(12-10-16)27-17(2)13-20(18(27)3)14-24-26-15-23-25-22(26)19-7-5-4-6-8-19/h4-15H,1-3H3/b24-14-. The Labute approximate surface area is 158 Å². The van der Waals surface area contributed by atoms with E-state index in [0.29, 0.717) is 0 Å². The van der Waals surface area contributed by atoms with Crippen molar-refractivity contribution in [3.05, 3.63) is 89.5 Å². The lowest BCUT2D eigenvalue weighted by Crippen LogP contribution is -2.00. The van der Waals surface area contributed by atoms with Gasteiger partial charge in [0.2, 0.25) is 0 Å². The Kier molecular flexibility index (Phi) is 4.42. The van der Waals surface area contributed by atoms with Crippen LogP contribution in [0.4, 0.5) is 0 Å². The second-order valence-electron chi connectivity index (χ2n) is 6.61. The maximum absolute atomic E-state index is 4.59. The molecular weight excluding hydrogens is 334 g/mol. The van der Waals surface area contributed by atoms with Gasteiger partial charge >= 0.3 is 0 Å². The maximum Gasteiger partial charge on any atom is 0.184 e. The number of aryl methyl sites for hydroxylation is 2. The van der Waals surface area contributed by atoms with Crippen molar-refractivity contribution in [1.29, 1.82) is 0 Å². The van der Waals surface area contributed by atoms with Crippen LogP contribution in [-0.4, -0.2) is 25.7 Å². The smallest absolute Gasteiger partial charge is 0.184 e. The molecule has 4 rings (SSSR count). The summed E-state index contributed by atoms with van der Waals surface area (Å²) in [5.74, 6) is 0.721. The van der Waals surface area contributed by atoms with E-state index in [1.165, 1.54) is 11.3 Å². The van der Waals surface area contributed by atoms with Gasteiger partial charge in [-0.1, -0.05) is 48.0 Å². The van der Waals surface area contributed by atoms with Crippen LogP contribution in [0.2, 0.25) is 0 Å². The van der Waals surface area contributed by atoms with Crippen LogP contribution >= 0.6 is 0 Å². The Morgan fingerprint density at radius 1 is 0.926 bits per heavy atom. The van der Waals surface area contributed by atoms with Gasteiger partial charge in [0.05, 0.1) is 6.21 Å². The Hall–Kier alpha value is -3.47. The van der Waals surface area contributed by atoms with Crippen molar-refractivity contribution < 1.29 is 0 Å². The number of rotatable bonds is 4. The third-order valence-corrected chi connectivity index (χ3v) is 4.65. The fraction of sp³-hybridized carbons (Fsp3) is 0.136. The van der Waals surface area contributed by atoms with Crippen molar-refractivity contribution in [2.45, 2.75) is 20.8 Å². The summed E-state index contributed by atoms with van der Waals surface area (Å²) in [5, 5.41) is 12.8. The van der Waals surface area contributed by atoms with Crippen LogP contribution in [-0.2, 0) is 0 Å². The maximum atomic E-state index is 4.59. The molecule has 0 aliphatic rings. The van der Waals surface area contributed by atoms with Crippen molar-refractivity contribution in [3.63, 3.8) is 0 Å². The van der Waals surface area contributed by atoms with Gasteiger partial charge in [-0.3, -0.25) is 0 Å². The molecule has 0 saturated heterocycles. The van der Waals surface area contributed by atoms with E-state index in [-0.39, 0.29) is 0 Å². The molecule has 2 heterocycles. The lowest BCUT2D eigenvalue weighted by Gasteiger charge is -2.09. The van der Waals surface area contributed by atoms with Gasteiger partial charge in [0, 0.05) is 28.2 Å². The number of nitrogens with zero attached hydrogens (tertiary/aromatic N) is 5. The van der Waals surface area contributed by atoms with Gasteiger partial charge in [-0.05, 0) is 39.0 Å². The highest BCUT2D eigenvalue weighted by molar-refractivity contribution is 5.82. The fourth-order valence-electron chi connectivity index (χ4n) is 3.23. The average molecular weight is 355 g/mol. The molecule has 0 bridgehead atoms. The molecule has 0 spiro atoms. The van der Waals surface area contributed by atoms with Crippen molar-refractivity contribution >= 4 is 6.21 Å². The van der Waals surface area contributed by atoms with Gasteiger partial charge in [0.25, 0.3) is 0 Å². The fourth-order valence-corrected chi connectivity index (χ4v) is 3.23. The van der Waals surface area contributed by atoms with Crippen LogP contribution < -0.4 is 0 Å². The van der Waals surface area contributed by atoms with E-state index in [2.05, 4.69) is 71.0 Å². The first-order chi connectivity index (χ1) is 13.1. The first-order valence-electron chi connectivity index (χ1n) is 8.89. The summed E-state index contributed by atoms with van der Waals surface area (Å²) in [6.45, 7) is 6.32. The Morgan fingerprint density at radius 2 is 1.67 bits per heavy atom. The highest BCUT2D eigenvalue weighted by atomic mass is 15.4. The largest absolute Gasteiger partial charge is 0.318 e. The Morgan fingerprint density at radius 3 is 2.41 bits per heavy atom. The first kappa shape index (κ1) is 17.0. The summed E-state index contributed by atoms with van der Waals surface area (Å²) < 4.78 is 3.94. The topological polar surface area (TPSA) is 48.0 Å². The van der Waals surface area contributed by atoms with Crippen LogP contribution in [0.1, 0.15) is 22.5 Å². The molecule has 0 unspecified atom stereocenters. The highest BCUT2D eigenvalue weighted by Gasteiger charge is 2.10. The van der Waals surface area contributed by atoms with Crippen LogP contribution in [0.3, 0.4) is 0 Å². The lowest BCUT2D eigenvalue weighted by molar-refractivity contribution is 0.887. The molecule has 0 atom stereocenters. The molecule has 4 aromatic rings. The predicted octanol–water partition coefficient (Wildman–Crippen LogP) is 4.54. The zero-order valence-corrected chi connectivity index (χ0v) is 15.7. The SMILES string of the molecule is Cc1ccc(-n2c(C)cc(/C=N\n3cnnc3-c3ccccc3)c2C)cc1. The second kappa shape index (κ2) is 7.03. The molecule has 0 aliphatic carbocycles. The van der Waals surface area contributed by atoms with Crippen LogP contribution in [0.5, 0.6) is 0 Å². The van der Waals surface area contributed by atoms with Gasteiger partial charge in [-0.2, -0.15) is 9.78 Å². The van der Waals surface area contributed by atoms with Gasteiger partial charge < -0.3 is 4.57 Å². The quantitative estimate of drug-likeness (QED) is 0.505. The predicted molar refractivity (Wildman–Crippen MR) is 108 cm³/mol. The molecule has 2 aromatic carbocycles. The number of benzene rings is 2. The van der Waals surface area contributed by atoms with Gasteiger partial charge in [0.15, 0.2) is 5.82 Å². The molecule has 2 aromatic heterocycles. The monoisotopic (exact) mass is 355 g/mol. The summed E-state index contributed by atoms with van der Waals surface area (Å²) in [6, 6.07) is 20.6. The molecule has 0 fully saturated rings. The normalized spacial score (nSPS) is 11.4. The van der Waals surface area contributed by atoms with Crippen LogP contribution in [0.25, 0.3) is 17.1 Å². The molecule has 0 amide bonds. The van der Waals surface area contributed by atoms with E-state index in [9.17, 15) is 0 Å². The minimum atomic E-state index is 0.721. The Bertz CT molecular complexity index is 1090. The summed E-state index contributed by atoms with van der Waals surface area (Å²) in [6.07, 6.45) is 3.49. The number of hydrogen-bond acceptors (Lipinski definition) is 3. The van der Waals surface area contributed by atoms with Gasteiger partial charge in [-0.25, -0.2) is 0 Å². The molecule has 0 radical (unpaired) electrons. The summed E-state index contributed by atoms with van der Waals surface area (Å²) in [7, 11) is 0. The van der Waals surface area contributed by atoms with Crippen LogP contribution in [0, 0.1) is 20.8 Å². The number of hydrogen-bond donors (Lipinski definition) is 0. The third-order valence-electron chi connectivity index (χ3n) is 4.65. The average Bonchev–Trinajstić information content (AvgIpc) is 3.26. The molecule has 0 saturated carbocycles. The lowest BCUT2D eigenvalue weighted by atomic mass is 10.2. The number of aromatic nitrogens is 4.